The molecule has 2 aromatic carbocycles. The van der Waals surface area contributed by atoms with E-state index in [1.807, 2.05) is 36.4 Å². The van der Waals surface area contributed by atoms with Crippen LogP contribution < -0.4 is 10.1 Å². The molecule has 0 bridgehead atoms. The average Bonchev–Trinajstić information content (AvgIpc) is 2.57. The quantitative estimate of drug-likeness (QED) is 0.729. The van der Waals surface area contributed by atoms with E-state index >= 15 is 0 Å². The van der Waals surface area contributed by atoms with Crippen molar-refractivity contribution in [3.8, 4) is 11.4 Å². The number of benzene rings is 2. The van der Waals surface area contributed by atoms with Crippen LogP contribution in [0.25, 0.3) is 5.69 Å². The number of para-hydroxylation sites is 2. The molecule has 0 unspecified atom stereocenters. The zero-order chi connectivity index (χ0) is 15.2. The van der Waals surface area contributed by atoms with Gasteiger partial charge in [-0.25, -0.2) is 9.48 Å². The van der Waals surface area contributed by atoms with E-state index in [-0.39, 0.29) is 0 Å². The van der Waals surface area contributed by atoms with Crippen LogP contribution in [0.1, 0.15) is 0 Å². The lowest BCUT2D eigenvalue weighted by molar-refractivity contribution is 0.210. The first kappa shape index (κ1) is 13.8. The molecule has 5 heteroatoms. The largest absolute Gasteiger partial charge is 0.439 e. The zero-order valence-electron chi connectivity index (χ0n) is 11.7. The molecule has 0 saturated heterocycles. The van der Waals surface area contributed by atoms with Gasteiger partial charge in [-0.05, 0) is 30.3 Å². The van der Waals surface area contributed by atoms with Crippen LogP contribution in [0.5, 0.6) is 5.75 Å². The predicted molar refractivity (Wildman–Crippen MR) is 81.6 cm³/mol. The minimum absolute atomic E-state index is 0.438. The molecule has 3 aromatic rings. The van der Waals surface area contributed by atoms with Gasteiger partial charge in [-0.15, -0.1) is 0 Å². The monoisotopic (exact) mass is 291 g/mol. The van der Waals surface area contributed by atoms with Gasteiger partial charge in [0.15, 0.2) is 0 Å². The van der Waals surface area contributed by atoms with E-state index in [1.54, 1.807) is 41.2 Å². The molecule has 1 amide bonds. The summed E-state index contributed by atoms with van der Waals surface area (Å²) in [7, 11) is 0. The maximum atomic E-state index is 11.7. The van der Waals surface area contributed by atoms with Crippen molar-refractivity contribution in [3.05, 3.63) is 84.5 Å². The third-order valence-corrected chi connectivity index (χ3v) is 2.89. The van der Waals surface area contributed by atoms with E-state index in [9.17, 15) is 4.79 Å². The maximum absolute atomic E-state index is 11.7. The summed E-state index contributed by atoms with van der Waals surface area (Å²) in [4.78, 5) is 15.6. The number of nitrogens with zero attached hydrogens (tertiary/aromatic N) is 3. The molecule has 0 fully saturated rings. The Morgan fingerprint density at radius 1 is 0.955 bits per heavy atom. The van der Waals surface area contributed by atoms with Gasteiger partial charge in [0, 0.05) is 6.20 Å². The molecule has 1 heterocycles. The Labute approximate surface area is 127 Å². The molecular weight excluding hydrogens is 278 g/mol. The number of hydrogen-bond donors (Lipinski definition) is 0. The van der Waals surface area contributed by atoms with Crippen LogP contribution in [0.3, 0.4) is 0 Å². The number of carbonyl (C=O) groups is 1. The SMILES string of the molecule is O=C(N=c1ccn(-c2ccccc2)nc1)Oc1ccccc1. The van der Waals surface area contributed by atoms with Gasteiger partial charge in [0.25, 0.3) is 0 Å². The number of rotatable bonds is 2. The van der Waals surface area contributed by atoms with Crippen LogP contribution in [0.2, 0.25) is 0 Å². The van der Waals surface area contributed by atoms with Gasteiger partial charge < -0.3 is 4.74 Å². The number of ether oxygens (including phenoxy) is 1. The second-order valence-electron chi connectivity index (χ2n) is 4.46. The minimum atomic E-state index is -0.675. The number of carbonyl (C=O) groups excluding carboxylic acids is 1. The number of aromatic nitrogens is 2. The Morgan fingerprint density at radius 2 is 1.64 bits per heavy atom. The summed E-state index contributed by atoms with van der Waals surface area (Å²) < 4.78 is 6.79. The van der Waals surface area contributed by atoms with Crippen molar-refractivity contribution in [3.63, 3.8) is 0 Å². The lowest BCUT2D eigenvalue weighted by Gasteiger charge is -2.03. The van der Waals surface area contributed by atoms with Gasteiger partial charge >= 0.3 is 6.09 Å². The van der Waals surface area contributed by atoms with Crippen LogP contribution in [0, 0.1) is 0 Å². The molecule has 0 aliphatic rings. The summed E-state index contributed by atoms with van der Waals surface area (Å²) in [5, 5.41) is 4.66. The molecule has 0 aliphatic carbocycles. The molecule has 0 aliphatic heterocycles. The summed E-state index contributed by atoms with van der Waals surface area (Å²) in [6.45, 7) is 0. The van der Waals surface area contributed by atoms with Crippen molar-refractivity contribution in [2.75, 3.05) is 0 Å². The third kappa shape index (κ3) is 3.46. The van der Waals surface area contributed by atoms with E-state index in [0.29, 0.717) is 11.1 Å². The molecular formula is C17H13N3O2. The first-order valence-corrected chi connectivity index (χ1v) is 6.73. The van der Waals surface area contributed by atoms with Crippen LogP contribution in [-0.2, 0) is 0 Å². The van der Waals surface area contributed by atoms with E-state index in [1.165, 1.54) is 6.20 Å². The second-order valence-corrected chi connectivity index (χ2v) is 4.46. The van der Waals surface area contributed by atoms with Gasteiger partial charge in [-0.1, -0.05) is 36.4 Å². The fourth-order valence-electron chi connectivity index (χ4n) is 1.87. The average molecular weight is 291 g/mol. The van der Waals surface area contributed by atoms with Crippen molar-refractivity contribution in [1.82, 2.24) is 9.78 Å². The first-order chi connectivity index (χ1) is 10.8. The highest BCUT2D eigenvalue weighted by molar-refractivity contribution is 5.71. The molecule has 0 radical (unpaired) electrons. The summed E-state index contributed by atoms with van der Waals surface area (Å²) in [5.41, 5.74) is 0.931. The highest BCUT2D eigenvalue weighted by Gasteiger charge is 2.01. The van der Waals surface area contributed by atoms with Gasteiger partial charge in [0.05, 0.1) is 17.2 Å². The maximum Gasteiger partial charge on any atom is 0.439 e. The second kappa shape index (κ2) is 6.49. The summed E-state index contributed by atoms with van der Waals surface area (Å²) in [6.07, 6.45) is 2.58. The molecule has 22 heavy (non-hydrogen) atoms. The molecule has 5 nitrogen and oxygen atoms in total. The molecule has 3 rings (SSSR count). The fourth-order valence-corrected chi connectivity index (χ4v) is 1.87. The molecule has 108 valence electrons. The van der Waals surface area contributed by atoms with Gasteiger partial charge in [-0.2, -0.15) is 10.1 Å². The third-order valence-electron chi connectivity index (χ3n) is 2.89. The molecule has 0 N–H and O–H groups in total. The predicted octanol–water partition coefficient (Wildman–Crippen LogP) is 2.97. The van der Waals surface area contributed by atoms with Crippen LogP contribution in [0.4, 0.5) is 4.79 Å². The molecule has 1 aromatic heterocycles. The van der Waals surface area contributed by atoms with Crippen LogP contribution in [0.15, 0.2) is 84.1 Å². The van der Waals surface area contributed by atoms with E-state index in [0.717, 1.165) is 5.69 Å². The standard InChI is InChI=1S/C17H13N3O2/c21-17(22-16-9-5-2-6-10-16)19-14-11-12-20(18-13-14)15-7-3-1-4-8-15/h1-13H. The van der Waals surface area contributed by atoms with E-state index in [2.05, 4.69) is 10.1 Å². The van der Waals surface area contributed by atoms with Crippen molar-refractivity contribution in [2.24, 2.45) is 4.99 Å². The molecule has 0 spiro atoms. The van der Waals surface area contributed by atoms with Crippen LogP contribution >= 0.6 is 0 Å². The van der Waals surface area contributed by atoms with Crippen molar-refractivity contribution in [2.45, 2.75) is 0 Å². The summed E-state index contributed by atoms with van der Waals surface area (Å²) >= 11 is 0. The normalized spacial score (nSPS) is 11.2. The minimum Gasteiger partial charge on any atom is -0.409 e. The van der Waals surface area contributed by atoms with Crippen molar-refractivity contribution >= 4 is 6.09 Å². The van der Waals surface area contributed by atoms with Crippen LogP contribution in [-0.4, -0.2) is 15.9 Å². The Kier molecular flexibility index (Phi) is 4.06. The number of hydrogen-bond acceptors (Lipinski definition) is 3. The van der Waals surface area contributed by atoms with Gasteiger partial charge in [0.1, 0.15) is 5.75 Å². The smallest absolute Gasteiger partial charge is 0.409 e. The highest BCUT2D eigenvalue weighted by Crippen LogP contribution is 2.08. The van der Waals surface area contributed by atoms with Gasteiger partial charge in [0.2, 0.25) is 0 Å². The summed E-state index contributed by atoms with van der Waals surface area (Å²) in [6, 6.07) is 20.2. The molecule has 0 saturated carbocycles. The fraction of sp³-hybridized carbons (Fsp3) is 0. The Balaban J connectivity index is 1.76. The van der Waals surface area contributed by atoms with E-state index < -0.39 is 6.09 Å². The Bertz CT molecular complexity index is 807. The molecule has 0 atom stereocenters. The van der Waals surface area contributed by atoms with Crippen molar-refractivity contribution < 1.29 is 9.53 Å². The first-order valence-electron chi connectivity index (χ1n) is 6.73. The topological polar surface area (TPSA) is 56.5 Å². The zero-order valence-corrected chi connectivity index (χ0v) is 11.7. The van der Waals surface area contributed by atoms with Crippen molar-refractivity contribution in [1.29, 1.82) is 0 Å². The Hall–Kier alpha value is -3.21. The number of amides is 1. The van der Waals surface area contributed by atoms with E-state index in [4.69, 9.17) is 4.74 Å². The lowest BCUT2D eigenvalue weighted by Crippen LogP contribution is -2.13. The Morgan fingerprint density at radius 3 is 2.27 bits per heavy atom. The lowest BCUT2D eigenvalue weighted by atomic mass is 10.3. The highest BCUT2D eigenvalue weighted by atomic mass is 16.5. The summed E-state index contributed by atoms with van der Waals surface area (Å²) in [5.74, 6) is 0.458. The van der Waals surface area contributed by atoms with Gasteiger partial charge in [-0.3, -0.25) is 0 Å².